The molecule has 1 aromatic rings. The number of furan rings is 1. The van der Waals surface area contributed by atoms with Crippen molar-refractivity contribution in [1.29, 1.82) is 0 Å². The fourth-order valence-corrected chi connectivity index (χ4v) is 0.871. The normalized spacial score (nSPS) is 14.9. The summed E-state index contributed by atoms with van der Waals surface area (Å²) < 4.78 is 41.1. The first-order chi connectivity index (χ1) is 6.54. The van der Waals surface area contributed by atoms with Crippen molar-refractivity contribution < 1.29 is 22.7 Å². The minimum Gasteiger partial charge on any atom is -0.465 e. The summed E-state index contributed by atoms with van der Waals surface area (Å²) in [6, 6.07) is 3.10. The number of hydrogen-bond acceptors (Lipinski definition) is 2. The first-order valence-electron chi connectivity index (χ1n) is 3.93. The zero-order valence-electron chi connectivity index (χ0n) is 7.16. The van der Waals surface area contributed by atoms with Gasteiger partial charge in [-0.3, -0.25) is 0 Å². The predicted molar refractivity (Wildman–Crippen MR) is 44.4 cm³/mol. The van der Waals surface area contributed by atoms with Crippen LogP contribution in [0, 0.1) is 5.92 Å². The van der Waals surface area contributed by atoms with Crippen molar-refractivity contribution in [3.05, 3.63) is 30.2 Å². The topological polar surface area (TPSA) is 33.4 Å². The molecule has 14 heavy (non-hydrogen) atoms. The first-order valence-corrected chi connectivity index (χ1v) is 3.93. The Kier molecular flexibility index (Phi) is 3.35. The number of hydrogen-bond donors (Lipinski definition) is 1. The van der Waals surface area contributed by atoms with Crippen LogP contribution in [0.3, 0.4) is 0 Å². The molecular formula is C9H9F3O2. The van der Waals surface area contributed by atoms with Crippen LogP contribution in [0.5, 0.6) is 0 Å². The van der Waals surface area contributed by atoms with Gasteiger partial charge in [0.15, 0.2) is 0 Å². The minimum absolute atomic E-state index is 0.327. The number of halogens is 3. The van der Waals surface area contributed by atoms with Crippen LogP contribution in [0.25, 0.3) is 6.08 Å². The van der Waals surface area contributed by atoms with Crippen molar-refractivity contribution in [3.8, 4) is 0 Å². The fourth-order valence-electron chi connectivity index (χ4n) is 0.871. The van der Waals surface area contributed by atoms with E-state index in [-0.39, 0.29) is 0 Å². The van der Waals surface area contributed by atoms with E-state index in [1.807, 2.05) is 0 Å². The Balaban J connectivity index is 2.66. The molecule has 0 spiro atoms. The van der Waals surface area contributed by atoms with Crippen LogP contribution in [-0.4, -0.2) is 17.9 Å². The van der Waals surface area contributed by atoms with Crippen LogP contribution >= 0.6 is 0 Å². The molecule has 0 radical (unpaired) electrons. The number of aliphatic hydroxyl groups is 1. The van der Waals surface area contributed by atoms with Crippen molar-refractivity contribution in [2.24, 2.45) is 5.92 Å². The van der Waals surface area contributed by atoms with E-state index in [4.69, 9.17) is 9.52 Å². The van der Waals surface area contributed by atoms with Gasteiger partial charge in [-0.25, -0.2) is 0 Å². The van der Waals surface area contributed by atoms with Gasteiger partial charge in [0.05, 0.1) is 18.8 Å². The third-order valence-corrected chi connectivity index (χ3v) is 1.65. The molecule has 0 amide bonds. The van der Waals surface area contributed by atoms with E-state index in [0.717, 1.165) is 6.08 Å². The Morgan fingerprint density at radius 3 is 2.64 bits per heavy atom. The van der Waals surface area contributed by atoms with Crippen LogP contribution in [0.15, 0.2) is 28.9 Å². The second-order valence-corrected chi connectivity index (χ2v) is 2.71. The van der Waals surface area contributed by atoms with E-state index in [0.29, 0.717) is 5.76 Å². The maximum atomic E-state index is 12.1. The Morgan fingerprint density at radius 1 is 1.50 bits per heavy atom. The number of rotatable bonds is 3. The molecule has 2 nitrogen and oxygen atoms in total. The van der Waals surface area contributed by atoms with Crippen LogP contribution in [0.4, 0.5) is 13.2 Å². The molecule has 0 aromatic carbocycles. The van der Waals surface area contributed by atoms with Gasteiger partial charge in [-0.2, -0.15) is 13.2 Å². The molecule has 0 aliphatic heterocycles. The number of aliphatic hydroxyl groups excluding tert-OH is 1. The highest BCUT2D eigenvalue weighted by atomic mass is 19.4. The average molecular weight is 206 g/mol. The molecule has 0 saturated carbocycles. The van der Waals surface area contributed by atoms with Gasteiger partial charge in [0.2, 0.25) is 0 Å². The Labute approximate surface area is 78.7 Å². The highest BCUT2D eigenvalue weighted by molar-refractivity contribution is 5.42. The van der Waals surface area contributed by atoms with Gasteiger partial charge in [0, 0.05) is 0 Å². The molecule has 1 heterocycles. The summed E-state index contributed by atoms with van der Waals surface area (Å²) in [6.07, 6.45) is -0.994. The molecule has 5 heteroatoms. The largest absolute Gasteiger partial charge is 0.465 e. The molecular weight excluding hydrogens is 197 g/mol. The van der Waals surface area contributed by atoms with Crippen molar-refractivity contribution >= 4 is 6.08 Å². The SMILES string of the molecule is OCC(C=Cc1ccco1)C(F)(F)F. The Hall–Kier alpha value is -1.23. The van der Waals surface area contributed by atoms with E-state index >= 15 is 0 Å². The molecule has 1 unspecified atom stereocenters. The van der Waals surface area contributed by atoms with Gasteiger partial charge < -0.3 is 9.52 Å². The zero-order chi connectivity index (χ0) is 10.6. The van der Waals surface area contributed by atoms with Gasteiger partial charge >= 0.3 is 6.18 Å². The molecule has 0 aliphatic carbocycles. The van der Waals surface area contributed by atoms with E-state index in [9.17, 15) is 13.2 Å². The van der Waals surface area contributed by atoms with E-state index in [2.05, 4.69) is 0 Å². The maximum Gasteiger partial charge on any atom is 0.397 e. The van der Waals surface area contributed by atoms with Gasteiger partial charge in [-0.05, 0) is 18.2 Å². The zero-order valence-corrected chi connectivity index (χ0v) is 7.16. The standard InChI is InChI=1S/C9H9F3O2/c10-9(11,12)7(6-13)3-4-8-2-1-5-14-8/h1-5,7,13H,6H2. The molecule has 1 aromatic heterocycles. The van der Waals surface area contributed by atoms with Crippen molar-refractivity contribution in [3.63, 3.8) is 0 Å². The van der Waals surface area contributed by atoms with Crippen LogP contribution in [0.2, 0.25) is 0 Å². The Bertz CT molecular complexity index is 288. The lowest BCUT2D eigenvalue weighted by Gasteiger charge is -2.12. The molecule has 0 fully saturated rings. The van der Waals surface area contributed by atoms with Crippen LogP contribution in [-0.2, 0) is 0 Å². The summed E-state index contributed by atoms with van der Waals surface area (Å²) in [5, 5.41) is 8.49. The second kappa shape index (κ2) is 4.32. The lowest BCUT2D eigenvalue weighted by molar-refractivity contribution is -0.169. The minimum atomic E-state index is -4.42. The van der Waals surface area contributed by atoms with Crippen LogP contribution < -0.4 is 0 Å². The Morgan fingerprint density at radius 2 is 2.21 bits per heavy atom. The fraction of sp³-hybridized carbons (Fsp3) is 0.333. The quantitative estimate of drug-likeness (QED) is 0.824. The summed E-state index contributed by atoms with van der Waals surface area (Å²) in [6.45, 7) is -0.958. The molecule has 1 N–H and O–H groups in total. The van der Waals surface area contributed by atoms with E-state index in [1.165, 1.54) is 18.4 Å². The monoisotopic (exact) mass is 206 g/mol. The summed E-state index contributed by atoms with van der Waals surface area (Å²) in [5.41, 5.74) is 0. The van der Waals surface area contributed by atoms with Crippen molar-refractivity contribution in [2.45, 2.75) is 6.18 Å². The van der Waals surface area contributed by atoms with Gasteiger partial charge in [-0.15, -0.1) is 0 Å². The highest BCUT2D eigenvalue weighted by Gasteiger charge is 2.37. The highest BCUT2D eigenvalue weighted by Crippen LogP contribution is 2.27. The summed E-state index contributed by atoms with van der Waals surface area (Å²) in [5.74, 6) is -1.51. The molecule has 1 rings (SSSR count). The smallest absolute Gasteiger partial charge is 0.397 e. The summed E-state index contributed by atoms with van der Waals surface area (Å²) in [7, 11) is 0. The number of alkyl halides is 3. The van der Waals surface area contributed by atoms with Gasteiger partial charge in [0.25, 0.3) is 0 Å². The molecule has 0 saturated heterocycles. The average Bonchev–Trinajstić information content (AvgIpc) is 2.55. The molecule has 78 valence electrons. The molecule has 0 aliphatic rings. The van der Waals surface area contributed by atoms with Crippen molar-refractivity contribution in [2.75, 3.05) is 6.61 Å². The van der Waals surface area contributed by atoms with E-state index < -0.39 is 18.7 Å². The summed E-state index contributed by atoms with van der Waals surface area (Å²) >= 11 is 0. The van der Waals surface area contributed by atoms with Gasteiger partial charge in [0.1, 0.15) is 5.76 Å². The van der Waals surface area contributed by atoms with Crippen molar-refractivity contribution in [1.82, 2.24) is 0 Å². The van der Waals surface area contributed by atoms with E-state index in [1.54, 1.807) is 6.07 Å². The maximum absolute atomic E-state index is 12.1. The lowest BCUT2D eigenvalue weighted by Crippen LogP contribution is -2.23. The third-order valence-electron chi connectivity index (χ3n) is 1.65. The first kappa shape index (κ1) is 10.8. The lowest BCUT2D eigenvalue weighted by atomic mass is 10.1. The molecule has 0 bridgehead atoms. The predicted octanol–water partition coefficient (Wildman–Crippen LogP) is 2.46. The summed E-state index contributed by atoms with van der Waals surface area (Å²) in [4.78, 5) is 0. The van der Waals surface area contributed by atoms with Crippen LogP contribution in [0.1, 0.15) is 5.76 Å². The third kappa shape index (κ3) is 2.92. The second-order valence-electron chi connectivity index (χ2n) is 2.71. The molecule has 1 atom stereocenters. The van der Waals surface area contributed by atoms with Gasteiger partial charge in [-0.1, -0.05) is 6.08 Å².